The van der Waals surface area contributed by atoms with E-state index in [4.69, 9.17) is 0 Å². The number of aliphatic hydroxyl groups excluding tert-OH is 4. The van der Waals surface area contributed by atoms with Gasteiger partial charge in [-0.3, -0.25) is 4.79 Å². The van der Waals surface area contributed by atoms with Gasteiger partial charge in [0, 0.05) is 0 Å². The molecule has 0 aliphatic carbocycles. The van der Waals surface area contributed by atoms with Crippen LogP contribution in [-0.4, -0.2) is 57.3 Å². The molecular weight excluding hydrogens is 839 g/mol. The minimum atomic E-state index is -1.29. The second-order valence-electron chi connectivity index (χ2n) is 21.0. The van der Waals surface area contributed by atoms with Crippen LogP contribution in [0, 0.1) is 0 Å². The average molecular weight is 959 g/mol. The topological polar surface area (TPSA) is 110 Å². The number of aliphatic hydroxyl groups is 4. The maximum absolute atomic E-state index is 12.6. The van der Waals surface area contributed by atoms with E-state index in [1.54, 1.807) is 0 Å². The van der Waals surface area contributed by atoms with Gasteiger partial charge < -0.3 is 25.7 Å². The number of carbonyl (C=O) groups excluding carboxylic acids is 1. The lowest BCUT2D eigenvalue weighted by atomic mass is 10.00. The highest BCUT2D eigenvalue weighted by atomic mass is 16.3. The number of unbranched alkanes of at least 4 members (excludes halogenated alkanes) is 41. The molecule has 68 heavy (non-hydrogen) atoms. The van der Waals surface area contributed by atoms with E-state index >= 15 is 0 Å². The highest BCUT2D eigenvalue weighted by molar-refractivity contribution is 5.80. The fraction of sp³-hybridized carbons (Fsp3) is 0.887. The highest BCUT2D eigenvalue weighted by Crippen LogP contribution is 2.18. The zero-order chi connectivity index (χ0) is 49.5. The highest BCUT2D eigenvalue weighted by Gasteiger charge is 2.28. The van der Waals surface area contributed by atoms with Crippen LogP contribution < -0.4 is 5.32 Å². The van der Waals surface area contributed by atoms with Crippen LogP contribution in [0.4, 0.5) is 0 Å². The van der Waals surface area contributed by atoms with Gasteiger partial charge in [-0.2, -0.15) is 0 Å². The number of hydrogen-bond acceptors (Lipinski definition) is 5. The summed E-state index contributed by atoms with van der Waals surface area (Å²) in [5.74, 6) is -0.593. The number of hydrogen-bond donors (Lipinski definition) is 5. The molecule has 0 radical (unpaired) electrons. The predicted molar refractivity (Wildman–Crippen MR) is 297 cm³/mol. The molecule has 0 saturated heterocycles. The number of allylic oxidation sites excluding steroid dienone is 6. The second kappa shape index (κ2) is 56.4. The minimum Gasteiger partial charge on any atom is -0.394 e. The monoisotopic (exact) mass is 958 g/mol. The Morgan fingerprint density at radius 3 is 0.926 bits per heavy atom. The summed E-state index contributed by atoms with van der Waals surface area (Å²) in [7, 11) is 0. The van der Waals surface area contributed by atoms with Gasteiger partial charge in [-0.1, -0.05) is 281 Å². The Morgan fingerprint density at radius 1 is 0.353 bits per heavy atom. The van der Waals surface area contributed by atoms with E-state index in [0.29, 0.717) is 19.3 Å². The van der Waals surface area contributed by atoms with Gasteiger partial charge in [0.1, 0.15) is 12.2 Å². The first-order valence-corrected chi connectivity index (χ1v) is 30.4. The molecule has 0 rings (SSSR count). The van der Waals surface area contributed by atoms with Crippen LogP contribution in [-0.2, 0) is 4.79 Å². The van der Waals surface area contributed by atoms with Crippen molar-refractivity contribution in [2.75, 3.05) is 6.61 Å². The van der Waals surface area contributed by atoms with Crippen LogP contribution in [0.1, 0.15) is 322 Å². The molecule has 0 bridgehead atoms. The first-order valence-electron chi connectivity index (χ1n) is 30.4. The Kier molecular flexibility index (Phi) is 55.2. The Hall–Kier alpha value is -1.47. The van der Waals surface area contributed by atoms with Crippen molar-refractivity contribution in [2.45, 2.75) is 346 Å². The SMILES string of the molecule is CCCCCCCCCCCCCC/C=C\CCCCCCCCCCCCCCCCC(O)C(=O)NC(CO)C(O)C(O)CCC/C=C/CC/C=C/CCCCCCCCCCCCCCC. The fourth-order valence-electron chi connectivity index (χ4n) is 9.54. The summed E-state index contributed by atoms with van der Waals surface area (Å²) in [5, 5.41) is 44.0. The van der Waals surface area contributed by atoms with Gasteiger partial charge in [0.25, 0.3) is 0 Å². The molecule has 5 N–H and O–H groups in total. The molecule has 0 heterocycles. The molecule has 6 heteroatoms. The van der Waals surface area contributed by atoms with Gasteiger partial charge >= 0.3 is 0 Å². The first-order chi connectivity index (χ1) is 33.5. The standard InChI is InChI=1S/C62H119NO5/c1-3-5-7-9-11-13-15-17-19-21-23-25-27-28-29-30-31-32-33-34-36-38-40-42-44-46-48-50-52-54-56-60(66)62(68)63-58(57-64)61(67)59(65)55-53-51-49-47-45-43-41-39-37-35-26-24-22-20-18-16-14-12-10-8-6-4-2/h28-29,39,41,47,49,58-61,64-67H,3-27,30-38,40,42-46,48,50-57H2,1-2H3,(H,63,68)/b29-28-,41-39+,49-47+. The third-order valence-corrected chi connectivity index (χ3v) is 14.3. The van der Waals surface area contributed by atoms with E-state index in [0.717, 1.165) is 38.5 Å². The summed E-state index contributed by atoms with van der Waals surface area (Å²) in [6.45, 7) is 4.08. The van der Waals surface area contributed by atoms with Crippen LogP contribution in [0.5, 0.6) is 0 Å². The van der Waals surface area contributed by atoms with Gasteiger partial charge in [-0.15, -0.1) is 0 Å². The van der Waals surface area contributed by atoms with Crippen molar-refractivity contribution in [3.8, 4) is 0 Å². The van der Waals surface area contributed by atoms with Gasteiger partial charge in [0.05, 0.1) is 18.8 Å². The lowest BCUT2D eigenvalue weighted by Gasteiger charge is -2.27. The van der Waals surface area contributed by atoms with Gasteiger partial charge in [0.15, 0.2) is 0 Å². The smallest absolute Gasteiger partial charge is 0.249 e. The quantitative estimate of drug-likeness (QED) is 0.0308. The molecule has 0 saturated carbocycles. The molecule has 0 fully saturated rings. The van der Waals surface area contributed by atoms with Crippen molar-refractivity contribution in [2.24, 2.45) is 0 Å². The maximum Gasteiger partial charge on any atom is 0.249 e. The number of nitrogens with one attached hydrogen (secondary N) is 1. The summed E-state index contributed by atoms with van der Waals surface area (Å²) in [5.41, 5.74) is 0. The van der Waals surface area contributed by atoms with Crippen molar-refractivity contribution >= 4 is 5.91 Å². The Labute approximate surface area is 424 Å². The van der Waals surface area contributed by atoms with Crippen molar-refractivity contribution in [3.05, 3.63) is 36.5 Å². The molecule has 1 amide bonds. The largest absolute Gasteiger partial charge is 0.394 e. The summed E-state index contributed by atoms with van der Waals surface area (Å²) < 4.78 is 0. The summed E-state index contributed by atoms with van der Waals surface area (Å²) >= 11 is 0. The second-order valence-corrected chi connectivity index (χ2v) is 21.0. The Morgan fingerprint density at radius 2 is 0.618 bits per heavy atom. The summed E-state index contributed by atoms with van der Waals surface area (Å²) in [4.78, 5) is 12.6. The fourth-order valence-corrected chi connectivity index (χ4v) is 9.54. The van der Waals surface area contributed by atoms with E-state index in [-0.39, 0.29) is 0 Å². The molecule has 0 aromatic rings. The third-order valence-electron chi connectivity index (χ3n) is 14.3. The van der Waals surface area contributed by atoms with Crippen molar-refractivity contribution in [3.63, 3.8) is 0 Å². The van der Waals surface area contributed by atoms with E-state index in [9.17, 15) is 25.2 Å². The molecule has 4 atom stereocenters. The van der Waals surface area contributed by atoms with Gasteiger partial charge in [-0.25, -0.2) is 0 Å². The lowest BCUT2D eigenvalue weighted by Crippen LogP contribution is -2.53. The maximum atomic E-state index is 12.6. The van der Waals surface area contributed by atoms with Crippen LogP contribution in [0.3, 0.4) is 0 Å². The zero-order valence-corrected chi connectivity index (χ0v) is 45.6. The molecule has 4 unspecified atom stereocenters. The van der Waals surface area contributed by atoms with Crippen molar-refractivity contribution in [1.29, 1.82) is 0 Å². The Bertz CT molecular complexity index is 1080. The minimum absolute atomic E-state index is 0.362. The molecule has 6 nitrogen and oxygen atoms in total. The van der Waals surface area contributed by atoms with Crippen molar-refractivity contribution < 1.29 is 25.2 Å². The Balaban J connectivity index is 3.63. The van der Waals surface area contributed by atoms with E-state index in [2.05, 4.69) is 55.6 Å². The lowest BCUT2D eigenvalue weighted by molar-refractivity contribution is -0.132. The van der Waals surface area contributed by atoms with Gasteiger partial charge in [0.2, 0.25) is 5.91 Å². The molecule has 0 aliphatic rings. The first kappa shape index (κ1) is 66.5. The van der Waals surface area contributed by atoms with E-state index in [1.165, 1.54) is 250 Å². The van der Waals surface area contributed by atoms with Crippen molar-refractivity contribution in [1.82, 2.24) is 5.32 Å². The normalized spacial score (nSPS) is 13.9. The summed E-state index contributed by atoms with van der Waals surface area (Å²) in [6.07, 6.45) is 70.9. The number of amides is 1. The molecule has 0 aromatic carbocycles. The predicted octanol–water partition coefficient (Wildman–Crippen LogP) is 18.0. The van der Waals surface area contributed by atoms with Gasteiger partial charge in [-0.05, 0) is 77.0 Å². The zero-order valence-electron chi connectivity index (χ0n) is 45.6. The van der Waals surface area contributed by atoms with Crippen LogP contribution in [0.2, 0.25) is 0 Å². The number of carbonyl (C=O) groups is 1. The molecule has 0 aliphatic heterocycles. The molecule has 0 aromatic heterocycles. The number of rotatable bonds is 56. The third kappa shape index (κ3) is 49.5. The van der Waals surface area contributed by atoms with Crippen LogP contribution in [0.25, 0.3) is 0 Å². The van der Waals surface area contributed by atoms with Crippen LogP contribution in [0.15, 0.2) is 36.5 Å². The average Bonchev–Trinajstić information content (AvgIpc) is 3.34. The molecular formula is C62H119NO5. The van der Waals surface area contributed by atoms with E-state index < -0.39 is 36.9 Å². The van der Waals surface area contributed by atoms with Crippen LogP contribution >= 0.6 is 0 Å². The summed E-state index contributed by atoms with van der Waals surface area (Å²) in [6, 6.07) is -1.01. The molecule has 402 valence electrons. The van der Waals surface area contributed by atoms with E-state index in [1.807, 2.05) is 0 Å². The molecule has 0 spiro atoms.